The van der Waals surface area contributed by atoms with E-state index in [1.807, 2.05) is 0 Å². The summed E-state index contributed by atoms with van der Waals surface area (Å²) in [6.45, 7) is 4.66. The molecule has 1 amide bonds. The summed E-state index contributed by atoms with van der Waals surface area (Å²) in [5.41, 5.74) is 0.431. The van der Waals surface area contributed by atoms with Crippen LogP contribution < -0.4 is 11.0 Å². The molecule has 0 saturated heterocycles. The van der Waals surface area contributed by atoms with Gasteiger partial charge in [0.25, 0.3) is 5.91 Å². The van der Waals surface area contributed by atoms with E-state index in [1.165, 1.54) is 30.3 Å². The molecule has 0 saturated carbocycles. The molecule has 5 nitrogen and oxygen atoms in total. The van der Waals surface area contributed by atoms with Gasteiger partial charge in [0.05, 0.1) is 5.69 Å². The number of rotatable bonds is 5. The number of amides is 1. The van der Waals surface area contributed by atoms with E-state index in [2.05, 4.69) is 29.1 Å². The zero-order valence-corrected chi connectivity index (χ0v) is 12.5. The summed E-state index contributed by atoms with van der Waals surface area (Å²) in [7, 11) is 0. The number of nitrogens with zero attached hydrogens (tertiary/aromatic N) is 1. The smallest absolute Gasteiger partial charge is 0.346 e. The van der Waals surface area contributed by atoms with E-state index in [9.17, 15) is 14.0 Å². The lowest BCUT2D eigenvalue weighted by atomic mass is 10.1. The quantitative estimate of drug-likeness (QED) is 0.890. The number of carbonyl (C=O) groups excluding carboxylic acids is 1. The molecule has 0 radical (unpaired) electrons. The van der Waals surface area contributed by atoms with Gasteiger partial charge in [-0.25, -0.2) is 9.18 Å². The number of H-pyrrole nitrogens is 1. The minimum absolute atomic E-state index is 0.142. The van der Waals surface area contributed by atoms with E-state index in [-0.39, 0.29) is 17.4 Å². The van der Waals surface area contributed by atoms with Crippen molar-refractivity contribution in [2.24, 2.45) is 5.92 Å². The summed E-state index contributed by atoms with van der Waals surface area (Å²) in [6, 6.07) is 7.07. The lowest BCUT2D eigenvalue weighted by Gasteiger charge is -2.08. The van der Waals surface area contributed by atoms with Crippen molar-refractivity contribution in [3.8, 4) is 11.3 Å². The molecule has 22 heavy (non-hydrogen) atoms. The van der Waals surface area contributed by atoms with Gasteiger partial charge in [-0.3, -0.25) is 4.79 Å². The number of halogens is 1. The number of nitrogens with one attached hydrogen (secondary N) is 2. The van der Waals surface area contributed by atoms with Crippen LogP contribution in [0.25, 0.3) is 11.3 Å². The van der Waals surface area contributed by atoms with Crippen molar-refractivity contribution in [3.63, 3.8) is 0 Å². The largest absolute Gasteiger partial charge is 0.351 e. The lowest BCUT2D eigenvalue weighted by molar-refractivity contribution is 0.0946. The molecule has 6 heteroatoms. The first-order chi connectivity index (χ1) is 10.5. The molecular formula is C16H18FN3O2. The summed E-state index contributed by atoms with van der Waals surface area (Å²) < 4.78 is 12.9. The van der Waals surface area contributed by atoms with E-state index in [1.54, 1.807) is 0 Å². The Morgan fingerprint density at radius 1 is 1.32 bits per heavy atom. The van der Waals surface area contributed by atoms with Gasteiger partial charge in [0.15, 0.2) is 0 Å². The van der Waals surface area contributed by atoms with E-state index in [0.717, 1.165) is 6.42 Å². The fourth-order valence-corrected chi connectivity index (χ4v) is 1.92. The number of hydrogen-bond donors (Lipinski definition) is 2. The minimum Gasteiger partial charge on any atom is -0.351 e. The van der Waals surface area contributed by atoms with Crippen LogP contribution in [0.5, 0.6) is 0 Å². The molecule has 0 fully saturated rings. The first-order valence-corrected chi connectivity index (χ1v) is 7.11. The van der Waals surface area contributed by atoms with Crippen molar-refractivity contribution < 1.29 is 9.18 Å². The van der Waals surface area contributed by atoms with E-state index in [4.69, 9.17) is 0 Å². The number of aromatic nitrogens is 2. The highest BCUT2D eigenvalue weighted by molar-refractivity contribution is 5.93. The Morgan fingerprint density at radius 3 is 2.64 bits per heavy atom. The molecule has 116 valence electrons. The molecule has 1 heterocycles. The van der Waals surface area contributed by atoms with Gasteiger partial charge in [-0.1, -0.05) is 13.8 Å². The Bertz CT molecular complexity index is 708. The van der Waals surface area contributed by atoms with Gasteiger partial charge in [0.2, 0.25) is 0 Å². The van der Waals surface area contributed by atoms with Crippen LogP contribution in [0.3, 0.4) is 0 Å². The number of carbonyl (C=O) groups is 1. The second-order valence-electron chi connectivity index (χ2n) is 5.43. The van der Waals surface area contributed by atoms with Crippen molar-refractivity contribution in [2.45, 2.75) is 20.3 Å². The Hall–Kier alpha value is -2.50. The molecule has 1 aromatic heterocycles. The summed E-state index contributed by atoms with van der Waals surface area (Å²) in [4.78, 5) is 29.9. The van der Waals surface area contributed by atoms with Gasteiger partial charge >= 0.3 is 5.69 Å². The lowest BCUT2D eigenvalue weighted by Crippen LogP contribution is -2.28. The summed E-state index contributed by atoms with van der Waals surface area (Å²) in [5.74, 6) is -0.254. The van der Waals surface area contributed by atoms with Crippen LogP contribution in [-0.2, 0) is 0 Å². The fraction of sp³-hybridized carbons (Fsp3) is 0.312. The average molecular weight is 303 g/mol. The molecule has 0 aliphatic heterocycles. The maximum atomic E-state index is 12.9. The van der Waals surface area contributed by atoms with Crippen molar-refractivity contribution in [2.75, 3.05) is 6.54 Å². The second-order valence-corrected chi connectivity index (χ2v) is 5.43. The SMILES string of the molecule is CC(C)CCNC(=O)c1cc(-c2ccc(F)cc2)nc(=O)[nH]1. The monoisotopic (exact) mass is 303 g/mol. The summed E-state index contributed by atoms with van der Waals surface area (Å²) >= 11 is 0. The minimum atomic E-state index is -0.615. The Labute approximate surface area is 127 Å². The van der Waals surface area contributed by atoms with Gasteiger partial charge in [-0.15, -0.1) is 0 Å². The summed E-state index contributed by atoms with van der Waals surface area (Å²) in [5, 5.41) is 2.75. The van der Waals surface area contributed by atoms with Crippen molar-refractivity contribution >= 4 is 5.91 Å². The van der Waals surface area contributed by atoms with Crippen molar-refractivity contribution in [3.05, 3.63) is 52.3 Å². The first-order valence-electron chi connectivity index (χ1n) is 7.11. The van der Waals surface area contributed by atoms with Crippen molar-refractivity contribution in [1.29, 1.82) is 0 Å². The summed E-state index contributed by atoms with van der Waals surface area (Å²) in [6.07, 6.45) is 0.853. The zero-order chi connectivity index (χ0) is 16.1. The normalized spacial score (nSPS) is 10.7. The standard InChI is InChI=1S/C16H18FN3O2/c1-10(2)7-8-18-15(21)14-9-13(19-16(22)20-14)11-3-5-12(17)6-4-11/h3-6,9-10H,7-8H2,1-2H3,(H,18,21)(H,19,20,22). The molecule has 0 atom stereocenters. The third-order valence-corrected chi connectivity index (χ3v) is 3.14. The van der Waals surface area contributed by atoms with E-state index in [0.29, 0.717) is 23.7 Å². The van der Waals surface area contributed by atoms with Crippen LogP contribution in [0.2, 0.25) is 0 Å². The molecule has 0 aliphatic carbocycles. The topological polar surface area (TPSA) is 74.8 Å². The maximum absolute atomic E-state index is 12.9. The molecular weight excluding hydrogens is 285 g/mol. The maximum Gasteiger partial charge on any atom is 0.346 e. The van der Waals surface area contributed by atoms with Crippen LogP contribution in [-0.4, -0.2) is 22.4 Å². The molecule has 1 aromatic carbocycles. The third-order valence-electron chi connectivity index (χ3n) is 3.14. The van der Waals surface area contributed by atoms with Gasteiger partial charge in [-0.05, 0) is 42.7 Å². The van der Waals surface area contributed by atoms with Gasteiger partial charge < -0.3 is 10.3 Å². The Balaban J connectivity index is 2.21. The second kappa shape index (κ2) is 6.98. The predicted octanol–water partition coefficient (Wildman–Crippen LogP) is 2.35. The van der Waals surface area contributed by atoms with E-state index < -0.39 is 5.69 Å². The number of benzene rings is 1. The van der Waals surface area contributed by atoms with Crippen LogP contribution in [0.15, 0.2) is 35.1 Å². The average Bonchev–Trinajstić information content (AvgIpc) is 2.46. The Morgan fingerprint density at radius 2 is 2.00 bits per heavy atom. The van der Waals surface area contributed by atoms with Crippen LogP contribution in [0, 0.1) is 11.7 Å². The predicted molar refractivity (Wildman–Crippen MR) is 82.0 cm³/mol. The molecule has 0 aliphatic rings. The van der Waals surface area contributed by atoms with Crippen molar-refractivity contribution in [1.82, 2.24) is 15.3 Å². The van der Waals surface area contributed by atoms with E-state index >= 15 is 0 Å². The zero-order valence-electron chi connectivity index (χ0n) is 12.5. The molecule has 2 N–H and O–H groups in total. The molecule has 0 spiro atoms. The van der Waals surface area contributed by atoms with Crippen LogP contribution in [0.1, 0.15) is 30.8 Å². The third kappa shape index (κ3) is 4.25. The highest BCUT2D eigenvalue weighted by Gasteiger charge is 2.10. The number of hydrogen-bond acceptors (Lipinski definition) is 3. The van der Waals surface area contributed by atoms with Gasteiger partial charge in [0.1, 0.15) is 11.5 Å². The Kier molecular flexibility index (Phi) is 5.04. The first kappa shape index (κ1) is 15.9. The molecule has 0 bridgehead atoms. The van der Waals surface area contributed by atoms with Gasteiger partial charge in [-0.2, -0.15) is 4.98 Å². The molecule has 2 rings (SSSR count). The van der Waals surface area contributed by atoms with Crippen LogP contribution >= 0.6 is 0 Å². The highest BCUT2D eigenvalue weighted by Crippen LogP contribution is 2.16. The van der Waals surface area contributed by atoms with Crippen LogP contribution in [0.4, 0.5) is 4.39 Å². The molecule has 0 unspecified atom stereocenters. The molecule has 2 aromatic rings. The highest BCUT2D eigenvalue weighted by atomic mass is 19.1. The fourth-order valence-electron chi connectivity index (χ4n) is 1.92. The van der Waals surface area contributed by atoms with Gasteiger partial charge in [0, 0.05) is 12.1 Å². The number of aromatic amines is 1.